The molecule has 3 rings (SSSR count). The number of hydrogen-bond acceptors (Lipinski definition) is 5. The molecule has 2 aromatic heterocycles. The minimum Gasteiger partial charge on any atom is -0.486 e. The lowest BCUT2D eigenvalue weighted by molar-refractivity contribution is 0.0992. The first-order valence-corrected chi connectivity index (χ1v) is 10.0. The van der Waals surface area contributed by atoms with E-state index in [1.807, 2.05) is 26.2 Å². The summed E-state index contributed by atoms with van der Waals surface area (Å²) >= 11 is 0. The van der Waals surface area contributed by atoms with Gasteiger partial charge in [0.2, 0.25) is 0 Å². The number of likely N-dealkylation sites (N-methyl/N-ethyl adjacent to an activating group) is 1. The zero-order valence-electron chi connectivity index (χ0n) is 18.3. The van der Waals surface area contributed by atoms with E-state index in [-0.39, 0.29) is 23.7 Å². The highest BCUT2D eigenvalue weighted by Crippen LogP contribution is 2.24. The van der Waals surface area contributed by atoms with Gasteiger partial charge in [-0.25, -0.2) is 0 Å². The number of amides is 1. The van der Waals surface area contributed by atoms with E-state index in [9.17, 15) is 4.79 Å². The van der Waals surface area contributed by atoms with Gasteiger partial charge < -0.3 is 19.4 Å². The molecule has 0 radical (unpaired) electrons. The van der Waals surface area contributed by atoms with Crippen LogP contribution in [0.4, 0.5) is 5.69 Å². The van der Waals surface area contributed by atoms with Crippen molar-refractivity contribution in [2.45, 2.75) is 39.3 Å². The Kier molecular flexibility index (Phi) is 6.62. The van der Waals surface area contributed by atoms with Gasteiger partial charge in [-0.3, -0.25) is 9.48 Å². The SMILES string of the molecule is CN(C)CCn1cc(NC(=O)c2ccc(COc3ccc(C(C)(C)C)cc3)o2)cn1. The summed E-state index contributed by atoms with van der Waals surface area (Å²) in [5.41, 5.74) is 1.98. The standard InChI is InChI=1S/C23H30N4O3/c1-23(2,3)17-6-8-19(9-7-17)29-16-20-10-11-21(30-20)22(28)25-18-14-24-27(15-18)13-12-26(4)5/h6-11,14-15H,12-13,16H2,1-5H3,(H,25,28). The van der Waals surface area contributed by atoms with E-state index >= 15 is 0 Å². The second-order valence-corrected chi connectivity index (χ2v) is 8.58. The predicted octanol–water partition coefficient (Wildman–Crippen LogP) is 4.17. The fraction of sp³-hybridized carbons (Fsp3) is 0.391. The maximum atomic E-state index is 12.4. The van der Waals surface area contributed by atoms with Crippen molar-refractivity contribution in [3.8, 4) is 5.75 Å². The zero-order valence-corrected chi connectivity index (χ0v) is 18.3. The van der Waals surface area contributed by atoms with Gasteiger partial charge in [0.25, 0.3) is 5.91 Å². The Morgan fingerprint density at radius 1 is 1.17 bits per heavy atom. The molecule has 0 unspecified atom stereocenters. The van der Waals surface area contributed by atoms with Crippen LogP contribution >= 0.6 is 0 Å². The number of rotatable bonds is 8. The smallest absolute Gasteiger partial charge is 0.291 e. The van der Waals surface area contributed by atoms with Gasteiger partial charge in [0, 0.05) is 12.7 Å². The fourth-order valence-electron chi connectivity index (χ4n) is 2.83. The predicted molar refractivity (Wildman–Crippen MR) is 117 cm³/mol. The molecule has 160 valence electrons. The van der Waals surface area contributed by atoms with Crippen LogP contribution in [0.25, 0.3) is 0 Å². The molecule has 30 heavy (non-hydrogen) atoms. The lowest BCUT2D eigenvalue weighted by atomic mass is 9.87. The molecule has 0 aliphatic carbocycles. The Bertz CT molecular complexity index is 965. The van der Waals surface area contributed by atoms with Gasteiger partial charge in [-0.15, -0.1) is 0 Å². The summed E-state index contributed by atoms with van der Waals surface area (Å²) in [6.45, 7) is 8.40. The largest absolute Gasteiger partial charge is 0.486 e. The van der Waals surface area contributed by atoms with Crippen LogP contribution in [0, 0.1) is 0 Å². The van der Waals surface area contributed by atoms with Gasteiger partial charge in [0.15, 0.2) is 5.76 Å². The molecule has 0 saturated carbocycles. The van der Waals surface area contributed by atoms with Crippen molar-refractivity contribution in [3.63, 3.8) is 0 Å². The van der Waals surface area contributed by atoms with Gasteiger partial charge >= 0.3 is 0 Å². The average Bonchev–Trinajstić information content (AvgIpc) is 3.34. The number of nitrogens with zero attached hydrogens (tertiary/aromatic N) is 3. The molecule has 3 aromatic rings. The Labute approximate surface area is 177 Å². The molecule has 7 heteroatoms. The molecule has 0 atom stereocenters. The first-order valence-electron chi connectivity index (χ1n) is 10.0. The summed E-state index contributed by atoms with van der Waals surface area (Å²) in [6, 6.07) is 11.4. The van der Waals surface area contributed by atoms with Crippen LogP contribution in [0.15, 0.2) is 53.2 Å². The van der Waals surface area contributed by atoms with Crippen molar-refractivity contribution in [3.05, 3.63) is 65.9 Å². The molecular formula is C23H30N4O3. The van der Waals surface area contributed by atoms with Crippen LogP contribution in [0.2, 0.25) is 0 Å². The molecule has 7 nitrogen and oxygen atoms in total. The van der Waals surface area contributed by atoms with Crippen molar-refractivity contribution < 1.29 is 13.9 Å². The van der Waals surface area contributed by atoms with Gasteiger partial charge in [-0.2, -0.15) is 5.10 Å². The van der Waals surface area contributed by atoms with Crippen LogP contribution in [-0.2, 0) is 18.6 Å². The Balaban J connectivity index is 1.52. The van der Waals surface area contributed by atoms with Gasteiger partial charge in [-0.05, 0) is 49.3 Å². The van der Waals surface area contributed by atoms with Gasteiger partial charge in [0.05, 0.1) is 18.4 Å². The van der Waals surface area contributed by atoms with Crippen molar-refractivity contribution in [2.24, 2.45) is 0 Å². The summed E-state index contributed by atoms with van der Waals surface area (Å²) in [5.74, 6) is 1.26. The van der Waals surface area contributed by atoms with E-state index in [4.69, 9.17) is 9.15 Å². The highest BCUT2D eigenvalue weighted by atomic mass is 16.5. The topological polar surface area (TPSA) is 72.5 Å². The van der Waals surface area contributed by atoms with E-state index in [1.54, 1.807) is 29.2 Å². The van der Waals surface area contributed by atoms with Crippen molar-refractivity contribution in [1.29, 1.82) is 0 Å². The number of anilines is 1. The maximum absolute atomic E-state index is 12.4. The number of nitrogens with one attached hydrogen (secondary N) is 1. The quantitative estimate of drug-likeness (QED) is 0.603. The first-order chi connectivity index (χ1) is 14.2. The maximum Gasteiger partial charge on any atom is 0.291 e. The lowest BCUT2D eigenvalue weighted by Crippen LogP contribution is -2.18. The van der Waals surface area contributed by atoms with E-state index < -0.39 is 0 Å². The molecule has 0 aliphatic heterocycles. The van der Waals surface area contributed by atoms with Crippen LogP contribution in [0.3, 0.4) is 0 Å². The average molecular weight is 411 g/mol. The molecule has 0 bridgehead atoms. The second-order valence-electron chi connectivity index (χ2n) is 8.58. The molecule has 0 fully saturated rings. The summed E-state index contributed by atoms with van der Waals surface area (Å²) in [4.78, 5) is 14.5. The number of benzene rings is 1. The van der Waals surface area contributed by atoms with Crippen LogP contribution in [-0.4, -0.2) is 41.2 Å². The minimum absolute atomic E-state index is 0.102. The molecule has 0 spiro atoms. The second kappa shape index (κ2) is 9.17. The van der Waals surface area contributed by atoms with Crippen molar-refractivity contribution in [2.75, 3.05) is 26.0 Å². The number of aromatic nitrogens is 2. The van der Waals surface area contributed by atoms with E-state index in [1.165, 1.54) is 5.56 Å². The number of ether oxygens (including phenoxy) is 1. The molecule has 0 aliphatic rings. The highest BCUT2D eigenvalue weighted by Gasteiger charge is 2.14. The Morgan fingerprint density at radius 3 is 2.57 bits per heavy atom. The molecule has 1 amide bonds. The van der Waals surface area contributed by atoms with Gasteiger partial charge in [0.1, 0.15) is 18.1 Å². The summed E-state index contributed by atoms with van der Waals surface area (Å²) in [6.07, 6.45) is 3.43. The van der Waals surface area contributed by atoms with E-state index in [0.717, 1.165) is 18.8 Å². The number of hydrogen-bond donors (Lipinski definition) is 1. The fourth-order valence-corrected chi connectivity index (χ4v) is 2.83. The molecule has 0 saturated heterocycles. The monoisotopic (exact) mass is 410 g/mol. The van der Waals surface area contributed by atoms with Crippen molar-refractivity contribution >= 4 is 11.6 Å². The Morgan fingerprint density at radius 2 is 1.90 bits per heavy atom. The summed E-state index contributed by atoms with van der Waals surface area (Å²) in [5, 5.41) is 7.05. The molecular weight excluding hydrogens is 380 g/mol. The van der Waals surface area contributed by atoms with E-state index in [0.29, 0.717) is 11.4 Å². The molecule has 1 aromatic carbocycles. The highest BCUT2D eigenvalue weighted by molar-refractivity contribution is 6.02. The first kappa shape index (κ1) is 21.6. The summed E-state index contributed by atoms with van der Waals surface area (Å²) in [7, 11) is 4.01. The van der Waals surface area contributed by atoms with Crippen molar-refractivity contribution in [1.82, 2.24) is 14.7 Å². The summed E-state index contributed by atoms with van der Waals surface area (Å²) < 4.78 is 13.2. The Hall–Kier alpha value is -3.06. The third-order valence-corrected chi connectivity index (χ3v) is 4.65. The van der Waals surface area contributed by atoms with Gasteiger partial charge in [-0.1, -0.05) is 32.9 Å². The third-order valence-electron chi connectivity index (χ3n) is 4.65. The third kappa shape index (κ3) is 5.97. The number of carbonyl (C=O) groups is 1. The van der Waals surface area contributed by atoms with Crippen LogP contribution in [0.5, 0.6) is 5.75 Å². The normalized spacial score (nSPS) is 11.7. The zero-order chi connectivity index (χ0) is 21.7. The molecule has 1 N–H and O–H groups in total. The lowest BCUT2D eigenvalue weighted by Gasteiger charge is -2.19. The number of carbonyl (C=O) groups excluding carboxylic acids is 1. The minimum atomic E-state index is -0.317. The van der Waals surface area contributed by atoms with E-state index in [2.05, 4.69) is 48.2 Å². The van der Waals surface area contributed by atoms with Crippen LogP contribution in [0.1, 0.15) is 42.6 Å². The number of furan rings is 1. The van der Waals surface area contributed by atoms with Crippen LogP contribution < -0.4 is 10.1 Å². The molecule has 2 heterocycles.